The lowest BCUT2D eigenvalue weighted by Crippen LogP contribution is -2.49. The minimum Gasteiger partial charge on any atom is -0.342 e. The number of aromatic amines is 1. The molecule has 0 saturated carbocycles. The topological polar surface area (TPSA) is 61.9 Å². The number of carbonyl (C=O) groups is 1. The van der Waals surface area contributed by atoms with Crippen LogP contribution in [-0.2, 0) is 0 Å². The number of benzene rings is 2. The van der Waals surface area contributed by atoms with Crippen molar-refractivity contribution in [3.05, 3.63) is 84.4 Å². The predicted molar refractivity (Wildman–Crippen MR) is 107 cm³/mol. The van der Waals surface area contributed by atoms with Crippen LogP contribution in [0.5, 0.6) is 0 Å². The number of likely N-dealkylation sites (tertiary alicyclic amines) is 1. The molecular weight excluding hydrogens is 336 g/mol. The van der Waals surface area contributed by atoms with Crippen molar-refractivity contribution in [2.45, 2.75) is 5.92 Å². The van der Waals surface area contributed by atoms with Gasteiger partial charge in [-0.2, -0.15) is 0 Å². The van der Waals surface area contributed by atoms with Gasteiger partial charge >= 0.3 is 0 Å². The fourth-order valence-corrected chi connectivity index (χ4v) is 3.47. The Morgan fingerprint density at radius 1 is 0.963 bits per heavy atom. The number of aromatic nitrogens is 3. The number of nitrogens with zero attached hydrogens (tertiary/aromatic N) is 3. The summed E-state index contributed by atoms with van der Waals surface area (Å²) in [5, 5.41) is 0. The molecule has 0 atom stereocenters. The van der Waals surface area contributed by atoms with Gasteiger partial charge < -0.3 is 9.88 Å². The molecule has 5 nitrogen and oxygen atoms in total. The molecule has 5 rings (SSSR count). The molecule has 27 heavy (non-hydrogen) atoms. The van der Waals surface area contributed by atoms with E-state index in [1.807, 2.05) is 65.6 Å². The molecule has 134 valence electrons. The van der Waals surface area contributed by atoms with E-state index in [1.165, 1.54) is 0 Å². The number of fused-ring (bicyclic) bond motifs is 1. The highest BCUT2D eigenvalue weighted by molar-refractivity contribution is 5.93. The third-order valence-electron chi connectivity index (χ3n) is 5.05. The Labute approximate surface area is 158 Å². The minimum atomic E-state index is -0.0260. The van der Waals surface area contributed by atoms with Crippen LogP contribution in [0.1, 0.15) is 23.7 Å². The Kier molecular flexibility index (Phi) is 3.71. The van der Waals surface area contributed by atoms with Gasteiger partial charge in [0, 0.05) is 26.3 Å². The van der Waals surface area contributed by atoms with Gasteiger partial charge in [-0.15, -0.1) is 0 Å². The fourth-order valence-electron chi connectivity index (χ4n) is 3.47. The molecule has 1 aliphatic rings. The van der Waals surface area contributed by atoms with E-state index < -0.39 is 0 Å². The van der Waals surface area contributed by atoms with Crippen molar-refractivity contribution >= 4 is 16.9 Å². The lowest BCUT2D eigenvalue weighted by atomic mass is 9.98. The first-order chi connectivity index (χ1) is 13.3. The molecule has 0 bridgehead atoms. The molecule has 4 aromatic rings. The summed E-state index contributed by atoms with van der Waals surface area (Å²) in [5.41, 5.74) is 4.59. The zero-order valence-electron chi connectivity index (χ0n) is 14.7. The lowest BCUT2D eigenvalue weighted by molar-refractivity contribution is 0.0589. The molecule has 3 heterocycles. The number of H-pyrrole nitrogens is 1. The van der Waals surface area contributed by atoms with Gasteiger partial charge in [-0.25, -0.2) is 4.98 Å². The zero-order chi connectivity index (χ0) is 18.2. The van der Waals surface area contributed by atoms with E-state index in [2.05, 4.69) is 15.0 Å². The van der Waals surface area contributed by atoms with Crippen LogP contribution < -0.4 is 0 Å². The lowest BCUT2D eigenvalue weighted by Gasteiger charge is -2.37. The molecule has 2 aromatic heterocycles. The molecule has 5 heteroatoms. The molecule has 0 radical (unpaired) electrons. The van der Waals surface area contributed by atoms with Gasteiger partial charge in [-0.3, -0.25) is 9.78 Å². The summed E-state index contributed by atoms with van der Waals surface area (Å²) in [4.78, 5) is 26.8. The van der Waals surface area contributed by atoms with Crippen LogP contribution in [-0.4, -0.2) is 38.8 Å². The van der Waals surface area contributed by atoms with Gasteiger partial charge in [0.2, 0.25) is 0 Å². The van der Waals surface area contributed by atoms with Gasteiger partial charge in [0.15, 0.2) is 0 Å². The molecule has 0 spiro atoms. The largest absolute Gasteiger partial charge is 0.342 e. The Hall–Kier alpha value is -3.47. The molecule has 0 unspecified atom stereocenters. The van der Waals surface area contributed by atoms with Crippen molar-refractivity contribution in [2.24, 2.45) is 0 Å². The maximum Gasteiger partial charge on any atom is 0.272 e. The van der Waals surface area contributed by atoms with Gasteiger partial charge in [0.25, 0.3) is 5.91 Å². The second kappa shape index (κ2) is 6.36. The highest BCUT2D eigenvalue weighted by Crippen LogP contribution is 2.28. The number of rotatable bonds is 3. The molecular formula is C22H20N4O. The Balaban J connectivity index is 0.00000192. The SMILES string of the molecule is O=C(c1ccc(-c2ccccc2)cn1)N1CC(c2nc3ccccc3[nH]2)C1.[HH]. The number of imidazole rings is 1. The number of carbonyl (C=O) groups excluding carboxylic acids is 1. The van der Waals surface area contributed by atoms with E-state index in [4.69, 9.17) is 0 Å². The van der Waals surface area contributed by atoms with E-state index in [0.29, 0.717) is 18.8 Å². The molecule has 1 saturated heterocycles. The molecule has 0 aliphatic carbocycles. The summed E-state index contributed by atoms with van der Waals surface area (Å²) in [6.45, 7) is 1.33. The monoisotopic (exact) mass is 356 g/mol. The minimum absolute atomic E-state index is 0. The first-order valence-corrected chi connectivity index (χ1v) is 9.03. The van der Waals surface area contributed by atoms with Gasteiger partial charge in [0.1, 0.15) is 11.5 Å². The van der Waals surface area contributed by atoms with E-state index in [0.717, 1.165) is 28.0 Å². The third-order valence-corrected chi connectivity index (χ3v) is 5.05. The van der Waals surface area contributed by atoms with Crippen molar-refractivity contribution in [1.29, 1.82) is 0 Å². The first-order valence-electron chi connectivity index (χ1n) is 9.03. The number of amides is 1. The van der Waals surface area contributed by atoms with Gasteiger partial charge in [-0.05, 0) is 23.8 Å². The normalized spacial score (nSPS) is 14.3. The summed E-state index contributed by atoms with van der Waals surface area (Å²) in [5.74, 6) is 1.18. The average molecular weight is 356 g/mol. The molecule has 1 fully saturated rings. The van der Waals surface area contributed by atoms with Crippen LogP contribution in [0, 0.1) is 0 Å². The van der Waals surface area contributed by atoms with Crippen molar-refractivity contribution in [1.82, 2.24) is 19.9 Å². The van der Waals surface area contributed by atoms with Crippen LogP contribution in [0.4, 0.5) is 0 Å². The number of nitrogens with one attached hydrogen (secondary N) is 1. The van der Waals surface area contributed by atoms with Crippen molar-refractivity contribution in [2.75, 3.05) is 13.1 Å². The standard InChI is InChI=1S/C22H18N4O.H2/c27-22(20-11-10-16(12-23-20)15-6-2-1-3-7-15)26-13-17(14-26)21-24-18-8-4-5-9-19(18)25-21;/h1-12,17H,13-14H2,(H,24,25);1H. The third kappa shape index (κ3) is 2.87. The van der Waals surface area contributed by atoms with Crippen LogP contribution >= 0.6 is 0 Å². The van der Waals surface area contributed by atoms with E-state index in [-0.39, 0.29) is 13.3 Å². The number of hydrogen-bond donors (Lipinski definition) is 1. The quantitative estimate of drug-likeness (QED) is 0.601. The Bertz CT molecular complexity index is 1070. The second-order valence-electron chi connectivity index (χ2n) is 6.84. The van der Waals surface area contributed by atoms with Crippen LogP contribution in [0.3, 0.4) is 0 Å². The smallest absolute Gasteiger partial charge is 0.272 e. The van der Waals surface area contributed by atoms with E-state index >= 15 is 0 Å². The summed E-state index contributed by atoms with van der Waals surface area (Å²) in [7, 11) is 0. The molecule has 2 aromatic carbocycles. The fraction of sp³-hybridized carbons (Fsp3) is 0.136. The van der Waals surface area contributed by atoms with Crippen LogP contribution in [0.2, 0.25) is 0 Å². The predicted octanol–water partition coefficient (Wildman–Crippen LogP) is 4.11. The first kappa shape index (κ1) is 15.8. The van der Waals surface area contributed by atoms with Crippen molar-refractivity contribution in [3.8, 4) is 11.1 Å². The van der Waals surface area contributed by atoms with E-state index in [9.17, 15) is 4.79 Å². The summed E-state index contributed by atoms with van der Waals surface area (Å²) < 4.78 is 0. The number of hydrogen-bond acceptors (Lipinski definition) is 3. The van der Waals surface area contributed by atoms with Crippen molar-refractivity contribution < 1.29 is 6.22 Å². The molecule has 1 N–H and O–H groups in total. The highest BCUT2D eigenvalue weighted by Gasteiger charge is 2.34. The van der Waals surface area contributed by atoms with Crippen LogP contribution in [0.15, 0.2) is 72.9 Å². The maximum atomic E-state index is 12.7. The van der Waals surface area contributed by atoms with Gasteiger partial charge in [-0.1, -0.05) is 48.5 Å². The zero-order valence-corrected chi connectivity index (χ0v) is 14.7. The van der Waals surface area contributed by atoms with Crippen molar-refractivity contribution in [3.63, 3.8) is 0 Å². The Morgan fingerprint density at radius 2 is 1.74 bits per heavy atom. The maximum absolute atomic E-state index is 12.7. The van der Waals surface area contributed by atoms with Crippen LogP contribution in [0.25, 0.3) is 22.2 Å². The summed E-state index contributed by atoms with van der Waals surface area (Å²) in [6.07, 6.45) is 1.76. The average Bonchev–Trinajstić information content (AvgIpc) is 3.11. The number of para-hydroxylation sites is 2. The molecule has 1 aliphatic heterocycles. The Morgan fingerprint density at radius 3 is 2.48 bits per heavy atom. The second-order valence-corrected chi connectivity index (χ2v) is 6.84. The highest BCUT2D eigenvalue weighted by atomic mass is 16.2. The molecule has 1 amide bonds. The summed E-state index contributed by atoms with van der Waals surface area (Å²) in [6, 6.07) is 21.8. The van der Waals surface area contributed by atoms with E-state index in [1.54, 1.807) is 12.3 Å². The number of pyridine rings is 1. The van der Waals surface area contributed by atoms with Gasteiger partial charge in [0.05, 0.1) is 17.0 Å². The summed E-state index contributed by atoms with van der Waals surface area (Å²) >= 11 is 0.